The average Bonchev–Trinajstić information content (AvgIpc) is 2.46. The minimum atomic E-state index is 0.109. The number of aromatic nitrogens is 2. The minimum Gasteiger partial charge on any atom is -0.370 e. The van der Waals surface area contributed by atoms with Crippen LogP contribution in [0.2, 0.25) is 0 Å². The molecular formula is C17H23N3O. The van der Waals surface area contributed by atoms with Gasteiger partial charge in [-0.15, -0.1) is 0 Å². The van der Waals surface area contributed by atoms with Gasteiger partial charge in [-0.05, 0) is 69.1 Å². The van der Waals surface area contributed by atoms with E-state index in [-0.39, 0.29) is 11.0 Å². The molecule has 6 rings (SSSR count). The van der Waals surface area contributed by atoms with Gasteiger partial charge in [0.1, 0.15) is 11.6 Å². The van der Waals surface area contributed by atoms with Gasteiger partial charge >= 0.3 is 0 Å². The molecule has 0 unspecified atom stereocenters. The van der Waals surface area contributed by atoms with Crippen LogP contribution in [0, 0.1) is 17.8 Å². The van der Waals surface area contributed by atoms with Crippen molar-refractivity contribution in [3.05, 3.63) is 21.7 Å². The molecule has 21 heavy (non-hydrogen) atoms. The Morgan fingerprint density at radius 2 is 1.71 bits per heavy atom. The molecule has 5 aliphatic rings. The van der Waals surface area contributed by atoms with E-state index in [2.05, 4.69) is 10.3 Å². The highest BCUT2D eigenvalue weighted by Crippen LogP contribution is 2.60. The lowest BCUT2D eigenvalue weighted by Crippen LogP contribution is -2.50. The Kier molecular flexibility index (Phi) is 2.40. The Morgan fingerprint density at radius 1 is 1.05 bits per heavy atom. The van der Waals surface area contributed by atoms with Gasteiger partial charge in [0.05, 0.1) is 5.56 Å². The first kappa shape index (κ1) is 12.2. The maximum absolute atomic E-state index is 12.4. The smallest absolute Gasteiger partial charge is 0.256 e. The van der Waals surface area contributed by atoms with E-state index in [1.807, 2.05) is 0 Å². The monoisotopic (exact) mass is 285 g/mol. The van der Waals surface area contributed by atoms with Crippen LogP contribution < -0.4 is 10.9 Å². The van der Waals surface area contributed by atoms with Crippen molar-refractivity contribution < 1.29 is 0 Å². The normalized spacial score (nSPS) is 39.9. The largest absolute Gasteiger partial charge is 0.370 e. The van der Waals surface area contributed by atoms with E-state index in [0.717, 1.165) is 54.3 Å². The van der Waals surface area contributed by atoms with Crippen molar-refractivity contribution in [1.29, 1.82) is 0 Å². The third-order valence-electron chi connectivity index (χ3n) is 6.45. The standard InChI is InChI=1S/C17H23N3O/c21-15-13-2-1-3-18-14(13)19-16(20-15)17-7-10-4-11(8-17)6-12(5-10)9-17/h10-12H,1-9H2,(H2,18,19,20,21). The number of hydrogen-bond donors (Lipinski definition) is 2. The van der Waals surface area contributed by atoms with E-state index in [9.17, 15) is 4.79 Å². The molecule has 1 aromatic heterocycles. The number of hydrogen-bond acceptors (Lipinski definition) is 3. The predicted octanol–water partition coefficient (Wildman–Crippen LogP) is 2.60. The highest BCUT2D eigenvalue weighted by atomic mass is 16.1. The Hall–Kier alpha value is -1.32. The first-order valence-corrected chi connectivity index (χ1v) is 8.59. The predicted molar refractivity (Wildman–Crippen MR) is 81.5 cm³/mol. The van der Waals surface area contributed by atoms with Gasteiger partial charge in [-0.25, -0.2) is 4.98 Å². The van der Waals surface area contributed by atoms with Crippen LogP contribution >= 0.6 is 0 Å². The number of aromatic amines is 1. The number of rotatable bonds is 1. The lowest BCUT2D eigenvalue weighted by atomic mass is 9.49. The lowest BCUT2D eigenvalue weighted by molar-refractivity contribution is -0.00947. The Bertz CT molecular complexity index is 613. The van der Waals surface area contributed by atoms with Gasteiger partial charge in [0.2, 0.25) is 0 Å². The SMILES string of the molecule is O=c1[nH]c(C23CC4CC(CC(C4)C2)C3)nc2c1CCCN2. The summed E-state index contributed by atoms with van der Waals surface area (Å²) in [4.78, 5) is 20.5. The van der Waals surface area contributed by atoms with Gasteiger partial charge in [0.25, 0.3) is 5.56 Å². The number of H-pyrrole nitrogens is 1. The Balaban J connectivity index is 1.61. The van der Waals surface area contributed by atoms with Crippen molar-refractivity contribution in [1.82, 2.24) is 9.97 Å². The minimum absolute atomic E-state index is 0.109. The van der Waals surface area contributed by atoms with E-state index >= 15 is 0 Å². The summed E-state index contributed by atoms with van der Waals surface area (Å²) < 4.78 is 0. The second-order valence-corrected chi connectivity index (χ2v) is 7.97. The van der Waals surface area contributed by atoms with Gasteiger partial charge in [-0.1, -0.05) is 0 Å². The van der Waals surface area contributed by atoms with Crippen molar-refractivity contribution in [2.24, 2.45) is 17.8 Å². The molecule has 0 saturated heterocycles. The summed E-state index contributed by atoms with van der Waals surface area (Å²) in [5, 5.41) is 3.34. The summed E-state index contributed by atoms with van der Waals surface area (Å²) in [7, 11) is 0. The van der Waals surface area contributed by atoms with Crippen molar-refractivity contribution in [2.75, 3.05) is 11.9 Å². The van der Waals surface area contributed by atoms with Crippen molar-refractivity contribution >= 4 is 5.82 Å². The number of anilines is 1. The highest BCUT2D eigenvalue weighted by Gasteiger charge is 2.53. The summed E-state index contributed by atoms with van der Waals surface area (Å²) in [5.74, 6) is 4.51. The lowest BCUT2D eigenvalue weighted by Gasteiger charge is -2.56. The topological polar surface area (TPSA) is 57.8 Å². The van der Waals surface area contributed by atoms with Gasteiger partial charge in [0.15, 0.2) is 0 Å². The quantitative estimate of drug-likeness (QED) is 0.834. The molecule has 0 spiro atoms. The molecule has 4 bridgehead atoms. The van der Waals surface area contributed by atoms with Gasteiger partial charge in [-0.3, -0.25) is 4.79 Å². The molecule has 4 heteroatoms. The maximum Gasteiger partial charge on any atom is 0.256 e. The number of fused-ring (bicyclic) bond motifs is 1. The molecule has 0 amide bonds. The molecule has 2 N–H and O–H groups in total. The van der Waals surface area contributed by atoms with Crippen LogP contribution in [0.5, 0.6) is 0 Å². The summed E-state index contributed by atoms with van der Waals surface area (Å²) in [6, 6.07) is 0. The van der Waals surface area contributed by atoms with E-state index in [1.54, 1.807) is 0 Å². The third-order valence-corrected chi connectivity index (χ3v) is 6.45. The second kappa shape index (κ2) is 4.11. The molecule has 0 atom stereocenters. The van der Waals surface area contributed by atoms with Gasteiger partial charge in [0, 0.05) is 12.0 Å². The fourth-order valence-corrected chi connectivity index (χ4v) is 6.00. The van der Waals surface area contributed by atoms with E-state index in [1.165, 1.54) is 38.5 Å². The van der Waals surface area contributed by atoms with Gasteiger partial charge < -0.3 is 10.3 Å². The molecule has 1 aromatic rings. The number of nitrogens with one attached hydrogen (secondary N) is 2. The van der Waals surface area contributed by atoms with Crippen molar-refractivity contribution in [2.45, 2.75) is 56.8 Å². The molecule has 0 radical (unpaired) electrons. The highest BCUT2D eigenvalue weighted by molar-refractivity contribution is 5.45. The summed E-state index contributed by atoms with van der Waals surface area (Å²) in [6.07, 6.45) is 9.93. The van der Waals surface area contributed by atoms with Crippen LogP contribution in [0.4, 0.5) is 5.82 Å². The van der Waals surface area contributed by atoms with Crippen LogP contribution in [0.15, 0.2) is 4.79 Å². The molecule has 4 fully saturated rings. The Morgan fingerprint density at radius 3 is 2.38 bits per heavy atom. The second-order valence-electron chi connectivity index (χ2n) is 7.97. The molecule has 0 aromatic carbocycles. The summed E-state index contributed by atoms with van der Waals surface area (Å²) >= 11 is 0. The maximum atomic E-state index is 12.4. The zero-order valence-corrected chi connectivity index (χ0v) is 12.5. The van der Waals surface area contributed by atoms with Crippen LogP contribution in [0.1, 0.15) is 56.3 Å². The van der Waals surface area contributed by atoms with Gasteiger partial charge in [-0.2, -0.15) is 0 Å². The Labute approximate surface area is 124 Å². The van der Waals surface area contributed by atoms with Crippen LogP contribution in [-0.4, -0.2) is 16.5 Å². The fourth-order valence-electron chi connectivity index (χ4n) is 6.00. The van der Waals surface area contributed by atoms with Crippen molar-refractivity contribution in [3.63, 3.8) is 0 Å². The molecule has 1 aliphatic heterocycles. The number of nitrogens with zero attached hydrogens (tertiary/aromatic N) is 1. The molecule has 4 saturated carbocycles. The average molecular weight is 285 g/mol. The molecule has 112 valence electrons. The van der Waals surface area contributed by atoms with Crippen molar-refractivity contribution in [3.8, 4) is 0 Å². The summed E-state index contributed by atoms with van der Waals surface area (Å²) in [6.45, 7) is 0.948. The zero-order valence-electron chi connectivity index (χ0n) is 12.5. The molecule has 4 nitrogen and oxygen atoms in total. The van der Waals surface area contributed by atoms with Crippen LogP contribution in [0.3, 0.4) is 0 Å². The first-order chi connectivity index (χ1) is 10.2. The fraction of sp³-hybridized carbons (Fsp3) is 0.765. The third kappa shape index (κ3) is 1.74. The molecular weight excluding hydrogens is 262 g/mol. The molecule has 2 heterocycles. The molecule has 4 aliphatic carbocycles. The first-order valence-electron chi connectivity index (χ1n) is 8.59. The van der Waals surface area contributed by atoms with E-state index in [0.29, 0.717) is 0 Å². The van der Waals surface area contributed by atoms with E-state index in [4.69, 9.17) is 4.98 Å². The summed E-state index contributed by atoms with van der Waals surface area (Å²) in [5.41, 5.74) is 1.16. The zero-order chi connectivity index (χ0) is 14.0. The van der Waals surface area contributed by atoms with E-state index < -0.39 is 0 Å². The van der Waals surface area contributed by atoms with Crippen LogP contribution in [-0.2, 0) is 11.8 Å². The van der Waals surface area contributed by atoms with Crippen LogP contribution in [0.25, 0.3) is 0 Å².